The Balaban J connectivity index is 4.11. The third kappa shape index (κ3) is 17.1. The number of aliphatic hydroxyl groups is 3. The standard InChI is InChI=1S/C27H46O8/c1-3-5-6-7-8-9-10-11-12-13-14-15-16-17-18-19-25(32)34-23(21-29)27(35-24(31)4-2)26(33)22(30)20-28/h4,11-12,21-23,26-28,30,33H,2-3,5-10,13-20H2,1H3/t22-,23+,26-,27-/m1/s1. The molecule has 0 aromatic rings. The normalized spacial score (nSPS) is 14.7. The molecular formula is C27H46O8. The van der Waals surface area contributed by atoms with E-state index in [2.05, 4.69) is 25.7 Å². The molecule has 0 amide bonds. The van der Waals surface area contributed by atoms with Gasteiger partial charge in [-0.2, -0.15) is 0 Å². The van der Waals surface area contributed by atoms with Crippen molar-refractivity contribution in [3.05, 3.63) is 24.8 Å². The fraction of sp³-hybridized carbons (Fsp3) is 0.741. The van der Waals surface area contributed by atoms with Crippen molar-refractivity contribution in [1.29, 1.82) is 0 Å². The molecule has 202 valence electrons. The highest BCUT2D eigenvalue weighted by Gasteiger charge is 2.37. The van der Waals surface area contributed by atoms with Crippen LogP contribution in [0.15, 0.2) is 24.8 Å². The molecular weight excluding hydrogens is 452 g/mol. The summed E-state index contributed by atoms with van der Waals surface area (Å²) in [5.41, 5.74) is 0. The van der Waals surface area contributed by atoms with Crippen LogP contribution in [0.4, 0.5) is 0 Å². The third-order valence-corrected chi connectivity index (χ3v) is 5.70. The van der Waals surface area contributed by atoms with Gasteiger partial charge in [0.05, 0.1) is 6.61 Å². The lowest BCUT2D eigenvalue weighted by Crippen LogP contribution is -2.50. The summed E-state index contributed by atoms with van der Waals surface area (Å²) in [7, 11) is 0. The first kappa shape index (κ1) is 33.0. The zero-order valence-corrected chi connectivity index (χ0v) is 21.3. The molecule has 0 radical (unpaired) electrons. The lowest BCUT2D eigenvalue weighted by atomic mass is 10.0. The van der Waals surface area contributed by atoms with Crippen molar-refractivity contribution >= 4 is 18.2 Å². The van der Waals surface area contributed by atoms with Crippen molar-refractivity contribution in [1.82, 2.24) is 0 Å². The fourth-order valence-electron chi connectivity index (χ4n) is 3.56. The molecule has 0 aliphatic carbocycles. The van der Waals surface area contributed by atoms with Gasteiger partial charge in [0.25, 0.3) is 0 Å². The Morgan fingerprint density at radius 2 is 1.40 bits per heavy atom. The lowest BCUT2D eigenvalue weighted by molar-refractivity contribution is -0.182. The van der Waals surface area contributed by atoms with Crippen LogP contribution in [-0.2, 0) is 23.9 Å². The second-order valence-corrected chi connectivity index (χ2v) is 8.77. The Labute approximate surface area is 210 Å². The zero-order chi connectivity index (χ0) is 26.3. The molecule has 0 heterocycles. The summed E-state index contributed by atoms with van der Waals surface area (Å²) >= 11 is 0. The maximum absolute atomic E-state index is 12.1. The van der Waals surface area contributed by atoms with Gasteiger partial charge in [0.2, 0.25) is 0 Å². The molecule has 0 fully saturated rings. The molecule has 0 unspecified atom stereocenters. The Morgan fingerprint density at radius 1 is 0.857 bits per heavy atom. The number of esters is 2. The topological polar surface area (TPSA) is 130 Å². The second kappa shape index (κ2) is 22.4. The number of unbranched alkanes of at least 4 members (excludes halogenated alkanes) is 11. The molecule has 3 N–H and O–H groups in total. The van der Waals surface area contributed by atoms with Crippen molar-refractivity contribution in [2.24, 2.45) is 0 Å². The number of hydrogen-bond donors (Lipinski definition) is 3. The van der Waals surface area contributed by atoms with E-state index in [1.54, 1.807) is 0 Å². The van der Waals surface area contributed by atoms with Crippen LogP contribution in [-0.4, -0.2) is 64.6 Å². The van der Waals surface area contributed by atoms with E-state index in [1.165, 1.54) is 38.5 Å². The highest BCUT2D eigenvalue weighted by molar-refractivity contribution is 5.82. The van der Waals surface area contributed by atoms with Crippen LogP contribution in [0.1, 0.15) is 96.8 Å². The summed E-state index contributed by atoms with van der Waals surface area (Å²) in [5, 5.41) is 28.7. The molecule has 35 heavy (non-hydrogen) atoms. The van der Waals surface area contributed by atoms with Gasteiger partial charge < -0.3 is 24.8 Å². The smallest absolute Gasteiger partial charge is 0.330 e. The molecule has 0 aliphatic heterocycles. The van der Waals surface area contributed by atoms with Gasteiger partial charge in [-0.25, -0.2) is 4.79 Å². The molecule has 8 nitrogen and oxygen atoms in total. The van der Waals surface area contributed by atoms with Crippen molar-refractivity contribution in [2.75, 3.05) is 6.61 Å². The number of aliphatic hydroxyl groups excluding tert-OH is 3. The van der Waals surface area contributed by atoms with E-state index in [-0.39, 0.29) is 12.7 Å². The van der Waals surface area contributed by atoms with E-state index in [4.69, 9.17) is 14.6 Å². The maximum Gasteiger partial charge on any atom is 0.330 e. The van der Waals surface area contributed by atoms with Crippen LogP contribution in [0.5, 0.6) is 0 Å². The highest BCUT2D eigenvalue weighted by atomic mass is 16.6. The monoisotopic (exact) mass is 498 g/mol. The van der Waals surface area contributed by atoms with E-state index in [0.29, 0.717) is 6.42 Å². The number of carbonyl (C=O) groups excluding carboxylic acids is 3. The van der Waals surface area contributed by atoms with Gasteiger partial charge in [0, 0.05) is 12.5 Å². The minimum Gasteiger partial charge on any atom is -0.452 e. The Morgan fingerprint density at radius 3 is 1.91 bits per heavy atom. The zero-order valence-electron chi connectivity index (χ0n) is 21.3. The molecule has 4 atom stereocenters. The van der Waals surface area contributed by atoms with Gasteiger partial charge in [-0.15, -0.1) is 0 Å². The van der Waals surface area contributed by atoms with Crippen LogP contribution in [0.2, 0.25) is 0 Å². The molecule has 0 aromatic heterocycles. The van der Waals surface area contributed by atoms with E-state index < -0.39 is 43.0 Å². The average Bonchev–Trinajstić information content (AvgIpc) is 2.87. The largest absolute Gasteiger partial charge is 0.452 e. The SMILES string of the molecule is C=CC(=O)O[C@@H]([C@H](O)[C@H](O)CO)[C@H](C=O)OC(=O)CCCCCCCC=CCCCCCCCC. The Hall–Kier alpha value is -2.03. The average molecular weight is 499 g/mol. The molecule has 0 aliphatic rings. The summed E-state index contributed by atoms with van der Waals surface area (Å²) in [6.07, 6.45) is 13.5. The number of hydrogen-bond acceptors (Lipinski definition) is 8. The van der Waals surface area contributed by atoms with Crippen molar-refractivity contribution in [3.63, 3.8) is 0 Å². The number of ether oxygens (including phenoxy) is 2. The number of carbonyl (C=O) groups is 3. The summed E-state index contributed by atoms with van der Waals surface area (Å²) in [4.78, 5) is 35.1. The maximum atomic E-state index is 12.1. The molecule has 0 bridgehead atoms. The fourth-order valence-corrected chi connectivity index (χ4v) is 3.56. The Kier molecular flexibility index (Phi) is 21.1. The summed E-state index contributed by atoms with van der Waals surface area (Å²) in [5.74, 6) is -1.65. The minimum atomic E-state index is -1.83. The van der Waals surface area contributed by atoms with Crippen LogP contribution >= 0.6 is 0 Å². The van der Waals surface area contributed by atoms with Gasteiger partial charge in [0.15, 0.2) is 18.5 Å². The molecule has 0 rings (SSSR count). The van der Waals surface area contributed by atoms with Crippen molar-refractivity contribution < 1.29 is 39.2 Å². The number of aldehydes is 1. The van der Waals surface area contributed by atoms with E-state index in [0.717, 1.165) is 44.6 Å². The molecule has 8 heteroatoms. The van der Waals surface area contributed by atoms with Crippen LogP contribution in [0.25, 0.3) is 0 Å². The van der Waals surface area contributed by atoms with Gasteiger partial charge >= 0.3 is 11.9 Å². The third-order valence-electron chi connectivity index (χ3n) is 5.70. The van der Waals surface area contributed by atoms with Crippen molar-refractivity contribution in [2.45, 2.75) is 121 Å². The molecule has 0 aromatic carbocycles. The number of allylic oxidation sites excluding steroid dienone is 2. The quantitative estimate of drug-likeness (QED) is 0.0635. The van der Waals surface area contributed by atoms with E-state index in [9.17, 15) is 24.6 Å². The molecule has 0 spiro atoms. The first-order valence-corrected chi connectivity index (χ1v) is 13.0. The predicted octanol–water partition coefficient (Wildman–Crippen LogP) is 3.95. The van der Waals surface area contributed by atoms with Gasteiger partial charge in [0.1, 0.15) is 12.2 Å². The van der Waals surface area contributed by atoms with E-state index in [1.807, 2.05) is 0 Å². The second-order valence-electron chi connectivity index (χ2n) is 8.77. The van der Waals surface area contributed by atoms with Crippen LogP contribution < -0.4 is 0 Å². The highest BCUT2D eigenvalue weighted by Crippen LogP contribution is 2.15. The Bertz CT molecular complexity index is 604. The van der Waals surface area contributed by atoms with Gasteiger partial charge in [-0.05, 0) is 32.1 Å². The predicted molar refractivity (Wildman–Crippen MR) is 135 cm³/mol. The van der Waals surface area contributed by atoms with Crippen LogP contribution in [0, 0.1) is 0 Å². The first-order valence-electron chi connectivity index (χ1n) is 13.0. The summed E-state index contributed by atoms with van der Waals surface area (Å²) < 4.78 is 9.94. The summed E-state index contributed by atoms with van der Waals surface area (Å²) in [6.45, 7) is 4.61. The van der Waals surface area contributed by atoms with Gasteiger partial charge in [-0.1, -0.05) is 77.0 Å². The molecule has 0 saturated heterocycles. The minimum absolute atomic E-state index is 0.0727. The lowest BCUT2D eigenvalue weighted by Gasteiger charge is -2.29. The van der Waals surface area contributed by atoms with Gasteiger partial charge in [-0.3, -0.25) is 9.59 Å². The summed E-state index contributed by atoms with van der Waals surface area (Å²) in [6, 6.07) is 0. The van der Waals surface area contributed by atoms with Crippen LogP contribution in [0.3, 0.4) is 0 Å². The number of rotatable bonds is 23. The first-order chi connectivity index (χ1) is 16.9. The van der Waals surface area contributed by atoms with Crippen molar-refractivity contribution in [3.8, 4) is 0 Å². The molecule has 0 saturated carbocycles. The van der Waals surface area contributed by atoms with E-state index >= 15 is 0 Å².